The minimum absolute atomic E-state index is 0.125. The Labute approximate surface area is 157 Å². The van der Waals surface area contributed by atoms with Gasteiger partial charge >= 0.3 is 0 Å². The third-order valence-corrected chi connectivity index (χ3v) is 5.05. The van der Waals surface area contributed by atoms with Gasteiger partial charge in [-0.25, -0.2) is 4.68 Å². The standard InChI is InChI=1S/C18H24N6O3/c1-26-10-9-24-18(19-20-21-24)16-12-22(8-11-27-16)13-17(25)23-7-6-14-4-2-3-5-15(14)23/h2-5,16H,6-13H2,1H3/t16-/m0/s1. The van der Waals surface area contributed by atoms with E-state index in [2.05, 4.69) is 26.5 Å². The number of rotatable bonds is 6. The fourth-order valence-electron chi connectivity index (χ4n) is 3.66. The van der Waals surface area contributed by atoms with E-state index in [9.17, 15) is 4.79 Å². The first-order valence-corrected chi connectivity index (χ1v) is 9.23. The lowest BCUT2D eigenvalue weighted by Gasteiger charge is -2.32. The number of fused-ring (bicyclic) bond motifs is 1. The zero-order valence-corrected chi connectivity index (χ0v) is 15.5. The lowest BCUT2D eigenvalue weighted by molar-refractivity contribution is -0.122. The van der Waals surface area contributed by atoms with Crippen molar-refractivity contribution in [2.75, 3.05) is 51.4 Å². The molecule has 2 aliphatic rings. The number of morpholine rings is 1. The molecule has 1 fully saturated rings. The number of hydrogen-bond donors (Lipinski definition) is 0. The van der Waals surface area contributed by atoms with Crippen LogP contribution in [0.2, 0.25) is 0 Å². The van der Waals surface area contributed by atoms with Gasteiger partial charge in [0.05, 0.1) is 26.3 Å². The van der Waals surface area contributed by atoms with E-state index in [1.165, 1.54) is 5.56 Å². The molecule has 1 amide bonds. The first-order chi connectivity index (χ1) is 13.3. The van der Waals surface area contributed by atoms with Crippen LogP contribution in [-0.4, -0.2) is 77.5 Å². The molecule has 2 aromatic rings. The van der Waals surface area contributed by atoms with Gasteiger partial charge < -0.3 is 14.4 Å². The summed E-state index contributed by atoms with van der Waals surface area (Å²) in [6.45, 7) is 4.08. The number of ether oxygens (including phenoxy) is 2. The van der Waals surface area contributed by atoms with Crippen molar-refractivity contribution in [3.8, 4) is 0 Å². The first-order valence-electron chi connectivity index (χ1n) is 9.23. The molecule has 1 aromatic carbocycles. The van der Waals surface area contributed by atoms with E-state index in [0.717, 1.165) is 25.2 Å². The molecule has 1 aromatic heterocycles. The summed E-state index contributed by atoms with van der Waals surface area (Å²) in [7, 11) is 1.64. The fraction of sp³-hybridized carbons (Fsp3) is 0.556. The van der Waals surface area contributed by atoms with Crippen LogP contribution < -0.4 is 4.90 Å². The maximum atomic E-state index is 12.9. The number of anilines is 1. The summed E-state index contributed by atoms with van der Waals surface area (Å²) >= 11 is 0. The largest absolute Gasteiger partial charge is 0.383 e. The van der Waals surface area contributed by atoms with Crippen LogP contribution in [0.1, 0.15) is 17.5 Å². The predicted molar refractivity (Wildman–Crippen MR) is 97.3 cm³/mol. The summed E-state index contributed by atoms with van der Waals surface area (Å²) in [6.07, 6.45) is 0.673. The number of aromatic nitrogens is 4. The van der Waals surface area contributed by atoms with Crippen molar-refractivity contribution < 1.29 is 14.3 Å². The lowest BCUT2D eigenvalue weighted by Crippen LogP contribution is -2.45. The Balaban J connectivity index is 1.39. The Morgan fingerprint density at radius 3 is 3.11 bits per heavy atom. The van der Waals surface area contributed by atoms with Crippen molar-refractivity contribution in [2.45, 2.75) is 19.1 Å². The van der Waals surface area contributed by atoms with Crippen LogP contribution in [-0.2, 0) is 27.2 Å². The number of tetrazole rings is 1. The van der Waals surface area contributed by atoms with Gasteiger partial charge in [0.2, 0.25) is 5.91 Å². The monoisotopic (exact) mass is 372 g/mol. The molecule has 1 saturated heterocycles. The highest BCUT2D eigenvalue weighted by Gasteiger charge is 2.30. The second-order valence-corrected chi connectivity index (χ2v) is 6.77. The van der Waals surface area contributed by atoms with E-state index in [0.29, 0.717) is 38.7 Å². The topological polar surface area (TPSA) is 85.6 Å². The number of methoxy groups -OCH3 is 1. The molecular formula is C18H24N6O3. The third-order valence-electron chi connectivity index (χ3n) is 5.05. The summed E-state index contributed by atoms with van der Waals surface area (Å²) in [5.74, 6) is 0.801. The Morgan fingerprint density at radius 2 is 2.22 bits per heavy atom. The van der Waals surface area contributed by atoms with Gasteiger partial charge in [0.25, 0.3) is 0 Å². The van der Waals surface area contributed by atoms with Gasteiger partial charge in [-0.1, -0.05) is 18.2 Å². The van der Waals surface area contributed by atoms with Crippen molar-refractivity contribution in [3.05, 3.63) is 35.7 Å². The highest BCUT2D eigenvalue weighted by atomic mass is 16.5. The minimum Gasteiger partial charge on any atom is -0.383 e. The number of hydrogen-bond acceptors (Lipinski definition) is 7. The van der Waals surface area contributed by atoms with E-state index in [4.69, 9.17) is 9.47 Å². The number of carbonyl (C=O) groups is 1. The van der Waals surface area contributed by atoms with Gasteiger partial charge in [-0.05, 0) is 28.5 Å². The van der Waals surface area contributed by atoms with E-state index in [1.807, 2.05) is 23.1 Å². The highest BCUT2D eigenvalue weighted by Crippen LogP contribution is 2.28. The van der Waals surface area contributed by atoms with E-state index in [-0.39, 0.29) is 12.0 Å². The quantitative estimate of drug-likeness (QED) is 0.720. The maximum Gasteiger partial charge on any atom is 0.241 e. The molecule has 4 rings (SSSR count). The summed E-state index contributed by atoms with van der Waals surface area (Å²) in [5.41, 5.74) is 2.28. The van der Waals surface area contributed by atoms with Gasteiger partial charge in [0, 0.05) is 32.4 Å². The van der Waals surface area contributed by atoms with Crippen LogP contribution in [0.25, 0.3) is 0 Å². The van der Waals surface area contributed by atoms with E-state index in [1.54, 1.807) is 11.8 Å². The summed E-state index contributed by atoms with van der Waals surface area (Å²) in [4.78, 5) is 16.9. The first kappa shape index (κ1) is 18.0. The van der Waals surface area contributed by atoms with Crippen LogP contribution in [0.3, 0.4) is 0 Å². The minimum atomic E-state index is -0.246. The SMILES string of the molecule is COCCn1nnnc1[C@@H]1CN(CC(=O)N2CCc3ccccc32)CCO1. The second kappa shape index (κ2) is 8.12. The molecular weight excluding hydrogens is 348 g/mol. The maximum absolute atomic E-state index is 12.9. The average Bonchev–Trinajstić information content (AvgIpc) is 3.33. The Kier molecular flexibility index (Phi) is 5.42. The van der Waals surface area contributed by atoms with Crippen molar-refractivity contribution in [3.63, 3.8) is 0 Å². The van der Waals surface area contributed by atoms with Crippen LogP contribution >= 0.6 is 0 Å². The zero-order valence-electron chi connectivity index (χ0n) is 15.5. The van der Waals surface area contributed by atoms with E-state index < -0.39 is 0 Å². The normalized spacial score (nSPS) is 20.0. The lowest BCUT2D eigenvalue weighted by atomic mass is 10.2. The van der Waals surface area contributed by atoms with Gasteiger partial charge in [0.15, 0.2) is 5.82 Å². The molecule has 0 radical (unpaired) electrons. The smallest absolute Gasteiger partial charge is 0.241 e. The van der Waals surface area contributed by atoms with Crippen LogP contribution in [0, 0.1) is 0 Å². The Hall–Kier alpha value is -2.36. The number of para-hydroxylation sites is 1. The molecule has 0 N–H and O–H groups in total. The molecule has 144 valence electrons. The fourth-order valence-corrected chi connectivity index (χ4v) is 3.66. The number of amides is 1. The van der Waals surface area contributed by atoms with Gasteiger partial charge in [-0.3, -0.25) is 9.69 Å². The second-order valence-electron chi connectivity index (χ2n) is 6.77. The molecule has 0 saturated carbocycles. The Bertz CT molecular complexity index is 795. The zero-order chi connectivity index (χ0) is 18.6. The molecule has 3 heterocycles. The van der Waals surface area contributed by atoms with E-state index >= 15 is 0 Å². The number of nitrogens with zero attached hydrogens (tertiary/aromatic N) is 6. The van der Waals surface area contributed by atoms with Crippen molar-refractivity contribution in [1.29, 1.82) is 0 Å². The summed E-state index contributed by atoms with van der Waals surface area (Å²) < 4.78 is 12.7. The van der Waals surface area contributed by atoms with Crippen LogP contribution in [0.15, 0.2) is 24.3 Å². The summed E-state index contributed by atoms with van der Waals surface area (Å²) in [5, 5.41) is 11.9. The molecule has 0 bridgehead atoms. The number of benzene rings is 1. The van der Waals surface area contributed by atoms with Gasteiger partial charge in [-0.15, -0.1) is 5.10 Å². The van der Waals surface area contributed by atoms with Crippen molar-refractivity contribution in [2.24, 2.45) is 0 Å². The third kappa shape index (κ3) is 3.85. The molecule has 9 heteroatoms. The van der Waals surface area contributed by atoms with Crippen LogP contribution in [0.5, 0.6) is 0 Å². The summed E-state index contributed by atoms with van der Waals surface area (Å²) in [6, 6.07) is 8.11. The molecule has 9 nitrogen and oxygen atoms in total. The average molecular weight is 372 g/mol. The predicted octanol–water partition coefficient (Wildman–Crippen LogP) is 0.282. The van der Waals surface area contributed by atoms with Crippen molar-refractivity contribution >= 4 is 11.6 Å². The molecule has 0 unspecified atom stereocenters. The molecule has 1 atom stereocenters. The molecule has 27 heavy (non-hydrogen) atoms. The molecule has 0 spiro atoms. The Morgan fingerprint density at radius 1 is 1.33 bits per heavy atom. The van der Waals surface area contributed by atoms with Crippen LogP contribution in [0.4, 0.5) is 5.69 Å². The van der Waals surface area contributed by atoms with Gasteiger partial charge in [0.1, 0.15) is 6.10 Å². The van der Waals surface area contributed by atoms with Crippen molar-refractivity contribution in [1.82, 2.24) is 25.1 Å². The molecule has 2 aliphatic heterocycles. The molecule has 0 aliphatic carbocycles. The number of carbonyl (C=O) groups excluding carboxylic acids is 1. The van der Waals surface area contributed by atoms with Gasteiger partial charge in [-0.2, -0.15) is 0 Å². The highest BCUT2D eigenvalue weighted by molar-refractivity contribution is 5.96.